The van der Waals surface area contributed by atoms with Crippen LogP contribution in [0.3, 0.4) is 0 Å². The Hall–Kier alpha value is -2.70. The van der Waals surface area contributed by atoms with Crippen LogP contribution >= 0.6 is 0 Å². The Kier molecular flexibility index (Phi) is 3.33. The maximum Gasteiger partial charge on any atom is 0.157 e. The fourth-order valence-corrected chi connectivity index (χ4v) is 2.97. The van der Waals surface area contributed by atoms with Crippen molar-refractivity contribution in [3.8, 4) is 0 Å². The van der Waals surface area contributed by atoms with E-state index in [0.717, 1.165) is 54.8 Å². The second kappa shape index (κ2) is 5.49. The predicted octanol–water partition coefficient (Wildman–Crippen LogP) is 1.46. The number of rotatable bonds is 2. The molecule has 23 heavy (non-hydrogen) atoms. The normalized spacial score (nSPS) is 15.4. The highest BCUT2D eigenvalue weighted by Crippen LogP contribution is 2.20. The molecule has 0 spiro atoms. The highest BCUT2D eigenvalue weighted by molar-refractivity contribution is 5.52. The van der Waals surface area contributed by atoms with E-state index in [1.807, 2.05) is 36.6 Å². The van der Waals surface area contributed by atoms with Crippen molar-refractivity contribution in [2.45, 2.75) is 13.8 Å². The van der Waals surface area contributed by atoms with E-state index in [1.54, 1.807) is 6.20 Å². The highest BCUT2D eigenvalue weighted by atomic mass is 15.4. The minimum absolute atomic E-state index is 0.895. The van der Waals surface area contributed by atoms with Crippen LogP contribution in [-0.4, -0.2) is 51.0 Å². The molecule has 1 fully saturated rings. The van der Waals surface area contributed by atoms with Crippen molar-refractivity contribution in [2.75, 3.05) is 36.0 Å². The Labute approximate surface area is 134 Å². The molecule has 7 heteroatoms. The summed E-state index contributed by atoms with van der Waals surface area (Å²) in [6.45, 7) is 7.66. The van der Waals surface area contributed by atoms with Crippen LogP contribution in [0.1, 0.15) is 11.4 Å². The van der Waals surface area contributed by atoms with Crippen molar-refractivity contribution in [3.63, 3.8) is 0 Å². The van der Waals surface area contributed by atoms with Gasteiger partial charge >= 0.3 is 0 Å². The SMILES string of the molecule is Cc1ccc(N2CCN(c3cc(C)nc4ccnn34)CC2)nn1. The molecule has 3 aromatic rings. The topological polar surface area (TPSA) is 62.5 Å². The van der Waals surface area contributed by atoms with Gasteiger partial charge in [-0.15, -0.1) is 5.10 Å². The predicted molar refractivity (Wildman–Crippen MR) is 88.9 cm³/mol. The molecule has 118 valence electrons. The Morgan fingerprint density at radius 1 is 0.870 bits per heavy atom. The molecule has 0 amide bonds. The lowest BCUT2D eigenvalue weighted by Crippen LogP contribution is -2.47. The zero-order valence-corrected chi connectivity index (χ0v) is 13.3. The second-order valence-electron chi connectivity index (χ2n) is 5.86. The minimum atomic E-state index is 0.895. The third-order valence-corrected chi connectivity index (χ3v) is 4.18. The first-order chi connectivity index (χ1) is 11.2. The first kappa shape index (κ1) is 13.9. The van der Waals surface area contributed by atoms with Gasteiger partial charge in [0, 0.05) is 44.0 Å². The molecule has 0 atom stereocenters. The molecule has 1 saturated heterocycles. The summed E-state index contributed by atoms with van der Waals surface area (Å²) in [5.74, 6) is 2.05. The zero-order chi connectivity index (χ0) is 15.8. The van der Waals surface area contributed by atoms with Crippen LogP contribution in [-0.2, 0) is 0 Å². The largest absolute Gasteiger partial charge is 0.353 e. The van der Waals surface area contributed by atoms with Gasteiger partial charge < -0.3 is 9.80 Å². The van der Waals surface area contributed by atoms with Crippen LogP contribution in [0, 0.1) is 13.8 Å². The van der Waals surface area contributed by atoms with Crippen molar-refractivity contribution < 1.29 is 0 Å². The Morgan fingerprint density at radius 2 is 1.65 bits per heavy atom. The van der Waals surface area contributed by atoms with Gasteiger partial charge in [-0.05, 0) is 26.0 Å². The summed E-state index contributed by atoms with van der Waals surface area (Å²) in [6, 6.07) is 8.09. The summed E-state index contributed by atoms with van der Waals surface area (Å²) in [7, 11) is 0. The van der Waals surface area contributed by atoms with Crippen molar-refractivity contribution in [1.82, 2.24) is 24.8 Å². The molecular formula is C16H19N7. The maximum absolute atomic E-state index is 4.51. The van der Waals surface area contributed by atoms with Gasteiger partial charge in [0.25, 0.3) is 0 Å². The van der Waals surface area contributed by atoms with Crippen molar-refractivity contribution in [3.05, 3.63) is 41.9 Å². The molecule has 3 aromatic heterocycles. The summed E-state index contributed by atoms with van der Waals surface area (Å²) < 4.78 is 1.91. The zero-order valence-electron chi connectivity index (χ0n) is 13.3. The first-order valence-electron chi connectivity index (χ1n) is 7.82. The Balaban J connectivity index is 1.55. The number of aryl methyl sites for hydroxylation is 2. The third-order valence-electron chi connectivity index (χ3n) is 4.18. The summed E-state index contributed by atoms with van der Waals surface area (Å²) in [4.78, 5) is 9.14. The van der Waals surface area contributed by atoms with Gasteiger partial charge in [0.2, 0.25) is 0 Å². The standard InChI is InChI=1S/C16H19N7/c1-12-3-4-15(20-19-12)21-7-9-22(10-8-21)16-11-13(2)18-14-5-6-17-23(14)16/h3-6,11H,7-10H2,1-2H3. The molecule has 0 radical (unpaired) electrons. The minimum Gasteiger partial charge on any atom is -0.353 e. The van der Waals surface area contributed by atoms with Gasteiger partial charge in [0.15, 0.2) is 11.5 Å². The number of nitrogens with zero attached hydrogens (tertiary/aromatic N) is 7. The monoisotopic (exact) mass is 309 g/mol. The van der Waals surface area contributed by atoms with E-state index >= 15 is 0 Å². The van der Waals surface area contributed by atoms with Gasteiger partial charge in [-0.3, -0.25) is 0 Å². The number of hydrogen-bond donors (Lipinski definition) is 0. The lowest BCUT2D eigenvalue weighted by atomic mass is 10.3. The fraction of sp³-hybridized carbons (Fsp3) is 0.375. The van der Waals surface area contributed by atoms with Crippen LogP contribution in [0.15, 0.2) is 30.5 Å². The Morgan fingerprint density at radius 3 is 2.39 bits per heavy atom. The smallest absolute Gasteiger partial charge is 0.157 e. The van der Waals surface area contributed by atoms with E-state index in [-0.39, 0.29) is 0 Å². The van der Waals surface area contributed by atoms with E-state index in [9.17, 15) is 0 Å². The molecule has 4 rings (SSSR count). The van der Waals surface area contributed by atoms with Gasteiger partial charge in [-0.2, -0.15) is 14.7 Å². The van der Waals surface area contributed by atoms with E-state index < -0.39 is 0 Å². The van der Waals surface area contributed by atoms with Crippen molar-refractivity contribution >= 4 is 17.3 Å². The first-order valence-corrected chi connectivity index (χ1v) is 7.82. The number of aromatic nitrogens is 5. The fourth-order valence-electron chi connectivity index (χ4n) is 2.97. The average molecular weight is 309 g/mol. The molecule has 7 nitrogen and oxygen atoms in total. The lowest BCUT2D eigenvalue weighted by Gasteiger charge is -2.36. The quantitative estimate of drug-likeness (QED) is 0.714. The molecular weight excluding hydrogens is 290 g/mol. The van der Waals surface area contributed by atoms with Crippen LogP contribution in [0.4, 0.5) is 11.6 Å². The summed E-state index contributed by atoms with van der Waals surface area (Å²) >= 11 is 0. The van der Waals surface area contributed by atoms with E-state index in [1.165, 1.54) is 0 Å². The lowest BCUT2D eigenvalue weighted by molar-refractivity contribution is 0.629. The van der Waals surface area contributed by atoms with Crippen molar-refractivity contribution in [2.24, 2.45) is 0 Å². The van der Waals surface area contributed by atoms with Crippen LogP contribution < -0.4 is 9.80 Å². The molecule has 0 unspecified atom stereocenters. The maximum atomic E-state index is 4.51. The molecule has 0 saturated carbocycles. The second-order valence-corrected chi connectivity index (χ2v) is 5.86. The third kappa shape index (κ3) is 2.58. The van der Waals surface area contributed by atoms with E-state index in [2.05, 4.69) is 36.1 Å². The van der Waals surface area contributed by atoms with Gasteiger partial charge in [-0.25, -0.2) is 4.98 Å². The molecule has 0 aromatic carbocycles. The van der Waals surface area contributed by atoms with Crippen LogP contribution in [0.5, 0.6) is 0 Å². The van der Waals surface area contributed by atoms with Crippen molar-refractivity contribution in [1.29, 1.82) is 0 Å². The molecule has 0 bridgehead atoms. The van der Waals surface area contributed by atoms with Crippen LogP contribution in [0.2, 0.25) is 0 Å². The average Bonchev–Trinajstić information content (AvgIpc) is 3.03. The van der Waals surface area contributed by atoms with E-state index in [4.69, 9.17) is 0 Å². The van der Waals surface area contributed by atoms with Gasteiger partial charge in [0.1, 0.15) is 5.82 Å². The molecule has 1 aliphatic rings. The van der Waals surface area contributed by atoms with Crippen LogP contribution in [0.25, 0.3) is 5.65 Å². The summed E-state index contributed by atoms with van der Waals surface area (Å²) in [5, 5.41) is 12.8. The molecule has 0 N–H and O–H groups in total. The molecule has 1 aliphatic heterocycles. The summed E-state index contributed by atoms with van der Waals surface area (Å²) in [6.07, 6.45) is 1.80. The Bertz CT molecular complexity index is 816. The molecule has 4 heterocycles. The van der Waals surface area contributed by atoms with E-state index in [0.29, 0.717) is 0 Å². The molecule has 0 aliphatic carbocycles. The highest BCUT2D eigenvalue weighted by Gasteiger charge is 2.21. The number of piperazine rings is 1. The van der Waals surface area contributed by atoms with Gasteiger partial charge in [0.05, 0.1) is 11.9 Å². The summed E-state index contributed by atoms with van der Waals surface area (Å²) in [5.41, 5.74) is 2.85. The number of fused-ring (bicyclic) bond motifs is 1. The van der Waals surface area contributed by atoms with Gasteiger partial charge in [-0.1, -0.05) is 0 Å². The number of hydrogen-bond acceptors (Lipinski definition) is 6. The number of anilines is 2.